The van der Waals surface area contributed by atoms with Crippen LogP contribution in [0.5, 0.6) is 0 Å². The summed E-state index contributed by atoms with van der Waals surface area (Å²) in [6, 6.07) is 8.96. The van der Waals surface area contributed by atoms with Crippen molar-refractivity contribution in [2.75, 3.05) is 0 Å². The van der Waals surface area contributed by atoms with Crippen molar-refractivity contribution in [2.45, 2.75) is 13.0 Å². The fourth-order valence-corrected chi connectivity index (χ4v) is 1.82. The number of hydrogen-bond acceptors (Lipinski definition) is 2. The van der Waals surface area contributed by atoms with E-state index in [0.29, 0.717) is 10.7 Å². The van der Waals surface area contributed by atoms with Crippen molar-refractivity contribution in [3.63, 3.8) is 0 Å². The van der Waals surface area contributed by atoms with Gasteiger partial charge in [-0.15, -0.1) is 0 Å². The average molecular weight is 279 g/mol. The van der Waals surface area contributed by atoms with Crippen LogP contribution in [0, 0.1) is 5.82 Å². The van der Waals surface area contributed by atoms with Crippen molar-refractivity contribution >= 4 is 17.5 Å². The highest BCUT2D eigenvalue weighted by Crippen LogP contribution is 2.16. The van der Waals surface area contributed by atoms with E-state index in [0.717, 1.165) is 0 Å². The SMILES string of the molecule is CC(NC(=O)c1cc(Cl)ccc1F)c1ccccn1. The first-order chi connectivity index (χ1) is 9.08. The molecule has 5 heteroatoms. The third kappa shape index (κ3) is 3.29. The first kappa shape index (κ1) is 13.5. The van der Waals surface area contributed by atoms with Crippen LogP contribution in [-0.2, 0) is 0 Å². The maximum atomic E-state index is 13.5. The molecule has 1 aromatic heterocycles. The van der Waals surface area contributed by atoms with Crippen molar-refractivity contribution in [1.82, 2.24) is 10.3 Å². The van der Waals surface area contributed by atoms with E-state index >= 15 is 0 Å². The highest BCUT2D eigenvalue weighted by molar-refractivity contribution is 6.31. The maximum absolute atomic E-state index is 13.5. The number of carbonyl (C=O) groups is 1. The molecule has 0 aliphatic carbocycles. The minimum absolute atomic E-state index is 0.0738. The van der Waals surface area contributed by atoms with Gasteiger partial charge < -0.3 is 5.32 Å². The van der Waals surface area contributed by atoms with Crippen LogP contribution in [0.2, 0.25) is 5.02 Å². The number of hydrogen-bond donors (Lipinski definition) is 1. The number of amides is 1. The number of carbonyl (C=O) groups excluding carboxylic acids is 1. The zero-order valence-electron chi connectivity index (χ0n) is 10.2. The van der Waals surface area contributed by atoms with Crippen LogP contribution >= 0.6 is 11.6 Å². The molecule has 0 saturated heterocycles. The number of halogens is 2. The molecule has 0 spiro atoms. The summed E-state index contributed by atoms with van der Waals surface area (Å²) >= 11 is 5.76. The lowest BCUT2D eigenvalue weighted by Gasteiger charge is -2.13. The van der Waals surface area contributed by atoms with E-state index < -0.39 is 11.7 Å². The number of aromatic nitrogens is 1. The molecular weight excluding hydrogens is 267 g/mol. The second-order valence-electron chi connectivity index (χ2n) is 4.07. The molecule has 98 valence electrons. The van der Waals surface area contributed by atoms with Crippen LogP contribution < -0.4 is 5.32 Å². The molecule has 19 heavy (non-hydrogen) atoms. The van der Waals surface area contributed by atoms with Gasteiger partial charge >= 0.3 is 0 Å². The Labute approximate surface area is 115 Å². The van der Waals surface area contributed by atoms with Gasteiger partial charge in [0.2, 0.25) is 0 Å². The monoisotopic (exact) mass is 278 g/mol. The standard InChI is InChI=1S/C14H12ClFN2O/c1-9(13-4-2-3-7-17-13)18-14(19)11-8-10(15)5-6-12(11)16/h2-9H,1H3,(H,18,19). The maximum Gasteiger partial charge on any atom is 0.254 e. The molecule has 2 aromatic rings. The van der Waals surface area contributed by atoms with E-state index in [1.54, 1.807) is 25.3 Å². The lowest BCUT2D eigenvalue weighted by molar-refractivity contribution is 0.0935. The Hall–Kier alpha value is -1.94. The van der Waals surface area contributed by atoms with Gasteiger partial charge in [-0.05, 0) is 37.3 Å². The minimum Gasteiger partial charge on any atom is -0.344 e. The lowest BCUT2D eigenvalue weighted by atomic mass is 10.1. The highest BCUT2D eigenvalue weighted by atomic mass is 35.5. The van der Waals surface area contributed by atoms with Crippen molar-refractivity contribution in [3.05, 3.63) is 64.7 Å². The van der Waals surface area contributed by atoms with E-state index in [4.69, 9.17) is 11.6 Å². The van der Waals surface area contributed by atoms with Gasteiger partial charge in [0, 0.05) is 11.2 Å². The smallest absolute Gasteiger partial charge is 0.254 e. The largest absolute Gasteiger partial charge is 0.344 e. The van der Waals surface area contributed by atoms with Gasteiger partial charge in [0.05, 0.1) is 17.3 Å². The molecule has 0 aliphatic rings. The zero-order chi connectivity index (χ0) is 13.8. The van der Waals surface area contributed by atoms with E-state index in [1.807, 2.05) is 6.07 Å². The molecule has 0 aliphatic heterocycles. The summed E-state index contributed by atoms with van der Waals surface area (Å²) in [5, 5.41) is 3.00. The van der Waals surface area contributed by atoms with E-state index in [9.17, 15) is 9.18 Å². The molecule has 1 amide bonds. The van der Waals surface area contributed by atoms with Crippen LogP contribution in [0.15, 0.2) is 42.6 Å². The number of rotatable bonds is 3. The highest BCUT2D eigenvalue weighted by Gasteiger charge is 2.15. The molecule has 0 radical (unpaired) electrons. The van der Waals surface area contributed by atoms with Crippen molar-refractivity contribution < 1.29 is 9.18 Å². The second kappa shape index (κ2) is 5.80. The molecule has 0 fully saturated rings. The van der Waals surface area contributed by atoms with Crippen LogP contribution in [0.25, 0.3) is 0 Å². The van der Waals surface area contributed by atoms with Gasteiger partial charge in [-0.2, -0.15) is 0 Å². The van der Waals surface area contributed by atoms with E-state index in [2.05, 4.69) is 10.3 Å². The zero-order valence-corrected chi connectivity index (χ0v) is 11.0. The Morgan fingerprint density at radius 1 is 1.37 bits per heavy atom. The normalized spacial score (nSPS) is 11.9. The molecule has 1 aromatic carbocycles. The first-order valence-corrected chi connectivity index (χ1v) is 6.12. The minimum atomic E-state index is -0.602. The Morgan fingerprint density at radius 2 is 2.16 bits per heavy atom. The van der Waals surface area contributed by atoms with Crippen molar-refractivity contribution in [3.8, 4) is 0 Å². The lowest BCUT2D eigenvalue weighted by Crippen LogP contribution is -2.27. The first-order valence-electron chi connectivity index (χ1n) is 5.75. The van der Waals surface area contributed by atoms with Gasteiger partial charge in [-0.1, -0.05) is 17.7 Å². The molecule has 1 atom stereocenters. The van der Waals surface area contributed by atoms with E-state index in [-0.39, 0.29) is 11.6 Å². The van der Waals surface area contributed by atoms with Gasteiger partial charge in [-0.3, -0.25) is 9.78 Å². The Kier molecular flexibility index (Phi) is 4.12. The summed E-state index contributed by atoms with van der Waals surface area (Å²) in [5.74, 6) is -1.12. The molecule has 0 saturated carbocycles. The summed E-state index contributed by atoms with van der Waals surface area (Å²) in [6.07, 6.45) is 1.64. The van der Waals surface area contributed by atoms with Crippen LogP contribution in [0.3, 0.4) is 0 Å². The second-order valence-corrected chi connectivity index (χ2v) is 4.51. The van der Waals surface area contributed by atoms with Crippen LogP contribution in [0.4, 0.5) is 4.39 Å². The van der Waals surface area contributed by atoms with Crippen molar-refractivity contribution in [2.24, 2.45) is 0 Å². The topological polar surface area (TPSA) is 42.0 Å². The van der Waals surface area contributed by atoms with Gasteiger partial charge in [0.25, 0.3) is 5.91 Å². The van der Waals surface area contributed by atoms with Gasteiger partial charge in [-0.25, -0.2) is 4.39 Å². The van der Waals surface area contributed by atoms with Gasteiger partial charge in [0.15, 0.2) is 0 Å². The number of pyridine rings is 1. The Bertz CT molecular complexity index is 589. The summed E-state index contributed by atoms with van der Waals surface area (Å²) in [6.45, 7) is 1.78. The summed E-state index contributed by atoms with van der Waals surface area (Å²) in [4.78, 5) is 16.1. The molecule has 2 rings (SSSR count). The molecule has 1 unspecified atom stereocenters. The van der Waals surface area contributed by atoms with Gasteiger partial charge in [0.1, 0.15) is 5.82 Å². The number of nitrogens with zero attached hydrogens (tertiary/aromatic N) is 1. The molecule has 0 bridgehead atoms. The average Bonchev–Trinajstić information content (AvgIpc) is 2.42. The molecular formula is C14H12ClFN2O. The Morgan fingerprint density at radius 3 is 2.84 bits per heavy atom. The molecule has 1 heterocycles. The fourth-order valence-electron chi connectivity index (χ4n) is 1.65. The Balaban J connectivity index is 2.15. The predicted octanol–water partition coefficient (Wildman–Crippen LogP) is 3.37. The third-order valence-electron chi connectivity index (χ3n) is 2.65. The number of benzene rings is 1. The fraction of sp³-hybridized carbons (Fsp3) is 0.143. The van der Waals surface area contributed by atoms with Crippen molar-refractivity contribution in [1.29, 1.82) is 0 Å². The van der Waals surface area contributed by atoms with Crippen LogP contribution in [-0.4, -0.2) is 10.9 Å². The summed E-state index contributed by atoms with van der Waals surface area (Å²) in [7, 11) is 0. The number of nitrogens with one attached hydrogen (secondary N) is 1. The summed E-state index contributed by atoms with van der Waals surface area (Å²) in [5.41, 5.74) is 0.633. The third-order valence-corrected chi connectivity index (χ3v) is 2.89. The van der Waals surface area contributed by atoms with Crippen LogP contribution in [0.1, 0.15) is 29.0 Å². The quantitative estimate of drug-likeness (QED) is 0.935. The summed E-state index contributed by atoms with van der Waals surface area (Å²) < 4.78 is 13.5. The molecule has 1 N–H and O–H groups in total. The molecule has 3 nitrogen and oxygen atoms in total. The van der Waals surface area contributed by atoms with E-state index in [1.165, 1.54) is 18.2 Å². The predicted molar refractivity (Wildman–Crippen MR) is 71.5 cm³/mol.